The lowest BCUT2D eigenvalue weighted by molar-refractivity contribution is -0.149. The minimum atomic E-state index is -5.07. The van der Waals surface area contributed by atoms with E-state index in [1.807, 2.05) is 0 Å². The van der Waals surface area contributed by atoms with E-state index < -0.39 is 63.9 Å². The summed E-state index contributed by atoms with van der Waals surface area (Å²) in [5.74, 6) is -0.763. The molecule has 0 saturated heterocycles. The Morgan fingerprint density at radius 3 is 2.36 bits per heavy atom. The highest BCUT2D eigenvalue weighted by Crippen LogP contribution is 2.60. The summed E-state index contributed by atoms with van der Waals surface area (Å²) in [6, 6.07) is 6.43. The van der Waals surface area contributed by atoms with Crippen LogP contribution < -0.4 is 20.9 Å². The first kappa shape index (κ1) is 32.6. The van der Waals surface area contributed by atoms with Gasteiger partial charge < -0.3 is 18.9 Å². The third kappa shape index (κ3) is 10.5. The third-order valence-corrected chi connectivity index (χ3v) is 8.22. The molecule has 1 heterocycles. The van der Waals surface area contributed by atoms with Crippen molar-refractivity contribution in [1.82, 2.24) is 14.6 Å². The maximum atomic E-state index is 13.5. The predicted octanol–water partition coefficient (Wildman–Crippen LogP) is 3.41. The van der Waals surface area contributed by atoms with Gasteiger partial charge in [0.05, 0.1) is 18.8 Å². The Hall–Kier alpha value is -2.57. The van der Waals surface area contributed by atoms with Crippen LogP contribution in [0.2, 0.25) is 0 Å². The van der Waals surface area contributed by atoms with Gasteiger partial charge in [-0.05, 0) is 53.2 Å². The number of phosphoric ester groups is 1. The molecule has 16 heteroatoms. The van der Waals surface area contributed by atoms with E-state index >= 15 is 0 Å². The fourth-order valence-electron chi connectivity index (χ4n) is 3.14. The summed E-state index contributed by atoms with van der Waals surface area (Å²) in [4.78, 5) is 48.6. The molecule has 0 aliphatic carbocycles. The number of carbonyl (C=O) groups is 1. The van der Waals surface area contributed by atoms with Crippen LogP contribution in [0.3, 0.4) is 0 Å². The number of ether oxygens (including phenoxy) is 2. The van der Waals surface area contributed by atoms with E-state index in [0.29, 0.717) is 12.0 Å². The quantitative estimate of drug-likeness (QED) is 0.203. The lowest BCUT2D eigenvalue weighted by Crippen LogP contribution is -2.36. The fourth-order valence-corrected chi connectivity index (χ4v) is 6.16. The fraction of sp³-hybridized carbons (Fsp3) is 0.522. The number of esters is 1. The summed E-state index contributed by atoms with van der Waals surface area (Å²) in [6.07, 6.45) is -0.490. The molecule has 0 aliphatic heterocycles. The zero-order valence-electron chi connectivity index (χ0n) is 22.6. The number of hydrogen-bond donors (Lipinski definition) is 3. The van der Waals surface area contributed by atoms with Gasteiger partial charge in [0.15, 0.2) is 0 Å². The molecule has 218 valence electrons. The number of nitrogens with one attached hydrogen (secondary N) is 2. The molecule has 0 saturated carbocycles. The largest absolute Gasteiger partial charge is 0.481 e. The van der Waals surface area contributed by atoms with Crippen molar-refractivity contribution in [3.05, 3.63) is 62.9 Å². The number of aromatic nitrogens is 2. The van der Waals surface area contributed by atoms with E-state index in [1.54, 1.807) is 39.0 Å². The number of carbonyl (C=O) groups excluding carboxylic acids is 1. The minimum Gasteiger partial charge on any atom is -0.462 e. The highest BCUT2D eigenvalue weighted by Gasteiger charge is 2.41. The van der Waals surface area contributed by atoms with Crippen LogP contribution >= 0.6 is 15.6 Å². The average Bonchev–Trinajstić information content (AvgIpc) is 2.83. The van der Waals surface area contributed by atoms with Crippen LogP contribution in [-0.2, 0) is 32.2 Å². The number of rotatable bonds is 15. The summed E-state index contributed by atoms with van der Waals surface area (Å²) >= 11 is 0. The smallest absolute Gasteiger partial charge is 0.462 e. The molecule has 0 aliphatic rings. The molecule has 5 atom stereocenters. The minimum absolute atomic E-state index is 0.0295. The van der Waals surface area contributed by atoms with Crippen molar-refractivity contribution >= 4 is 21.5 Å². The summed E-state index contributed by atoms with van der Waals surface area (Å²) in [6.45, 7) is 8.82. The lowest BCUT2D eigenvalue weighted by Gasteiger charge is -2.26. The number of hydrogen-bond acceptors (Lipinski definition) is 10. The average molecular weight is 591 g/mol. The topological polar surface area (TPSA) is 184 Å². The first-order valence-corrected chi connectivity index (χ1v) is 15.2. The Kier molecular flexibility index (Phi) is 11.9. The summed E-state index contributed by atoms with van der Waals surface area (Å²) in [7, 11) is -9.75. The van der Waals surface area contributed by atoms with Crippen LogP contribution in [0.4, 0.5) is 0 Å². The van der Waals surface area contributed by atoms with Gasteiger partial charge in [-0.15, -0.1) is 0 Å². The van der Waals surface area contributed by atoms with Gasteiger partial charge in [-0.2, -0.15) is 9.40 Å². The van der Waals surface area contributed by atoms with Crippen molar-refractivity contribution in [3.8, 4) is 5.75 Å². The van der Waals surface area contributed by atoms with Crippen LogP contribution in [-0.4, -0.2) is 45.3 Å². The second kappa shape index (κ2) is 14.2. The molecule has 2 rings (SSSR count). The maximum Gasteiger partial charge on any atom is 0.481 e. The van der Waals surface area contributed by atoms with Crippen molar-refractivity contribution < 1.29 is 41.6 Å². The molecular weight excluding hydrogens is 556 g/mol. The molecular formula is C23H35N3O11P2. The molecule has 2 unspecified atom stereocenters. The zero-order chi connectivity index (χ0) is 29.4. The molecule has 0 bridgehead atoms. The van der Waals surface area contributed by atoms with Gasteiger partial charge in [0.25, 0.3) is 5.56 Å². The van der Waals surface area contributed by atoms with E-state index in [9.17, 15) is 28.4 Å². The van der Waals surface area contributed by atoms with Gasteiger partial charge in [0.2, 0.25) is 0 Å². The van der Waals surface area contributed by atoms with Crippen molar-refractivity contribution in [1.29, 1.82) is 0 Å². The standard InChI is InChI=1S/C23H35N3O11P2/c1-7-20(26-13-16(4)21(27)24-23(26)29)35-17(5)14-33-39(31,32)37-38(30,36-19-11-9-8-10-12-19)25-18(6)22(28)34-15(2)3/h8-13,15,17-18,20H,7,14H2,1-6H3,(H,25,30)(H,31,32)(H,24,27,29)/t17-,18-,20+,38?/m0/s1. The van der Waals surface area contributed by atoms with Gasteiger partial charge in [-0.1, -0.05) is 25.1 Å². The molecule has 1 aromatic heterocycles. The van der Waals surface area contributed by atoms with E-state index in [2.05, 4.69) is 10.1 Å². The summed E-state index contributed by atoms with van der Waals surface area (Å²) < 4.78 is 53.5. The number of aromatic amines is 1. The van der Waals surface area contributed by atoms with Gasteiger partial charge >= 0.3 is 27.2 Å². The third-order valence-electron chi connectivity index (χ3n) is 4.90. The van der Waals surface area contributed by atoms with Crippen molar-refractivity contribution in [3.63, 3.8) is 0 Å². The number of H-pyrrole nitrogens is 1. The molecule has 0 fully saturated rings. The SMILES string of the molecule is CC[C@@H](O[C@@H](C)COP(=O)(O)OP(=O)(N[C@@H](C)C(=O)OC(C)C)Oc1ccccc1)n1cc(C)c(=O)[nH]c1=O. The first-order chi connectivity index (χ1) is 18.1. The summed E-state index contributed by atoms with van der Waals surface area (Å²) in [5.41, 5.74) is -0.915. The van der Waals surface area contributed by atoms with Crippen LogP contribution in [0, 0.1) is 6.92 Å². The van der Waals surface area contributed by atoms with Crippen molar-refractivity contribution in [2.24, 2.45) is 0 Å². The van der Waals surface area contributed by atoms with Crippen LogP contribution in [0.25, 0.3) is 0 Å². The van der Waals surface area contributed by atoms with E-state index in [1.165, 1.54) is 43.7 Å². The van der Waals surface area contributed by atoms with E-state index in [0.717, 1.165) is 0 Å². The van der Waals surface area contributed by atoms with Gasteiger partial charge in [0, 0.05) is 11.8 Å². The Morgan fingerprint density at radius 1 is 1.13 bits per heavy atom. The molecule has 3 N–H and O–H groups in total. The maximum absolute atomic E-state index is 13.5. The monoisotopic (exact) mass is 591 g/mol. The van der Waals surface area contributed by atoms with E-state index in [4.69, 9.17) is 22.8 Å². The normalized spacial score (nSPS) is 17.0. The molecule has 1 aromatic carbocycles. The lowest BCUT2D eigenvalue weighted by atomic mass is 10.3. The number of benzene rings is 1. The number of nitrogens with zero attached hydrogens (tertiary/aromatic N) is 1. The van der Waals surface area contributed by atoms with E-state index in [-0.39, 0.29) is 5.75 Å². The van der Waals surface area contributed by atoms with Gasteiger partial charge in [-0.25, -0.2) is 13.9 Å². The zero-order valence-corrected chi connectivity index (χ0v) is 24.3. The number of aryl methyl sites for hydroxylation is 1. The number of phosphoric acid groups is 1. The van der Waals surface area contributed by atoms with Crippen LogP contribution in [0.5, 0.6) is 5.75 Å². The second-order valence-corrected chi connectivity index (χ2v) is 12.2. The Labute approximate surface area is 225 Å². The Morgan fingerprint density at radius 2 is 1.77 bits per heavy atom. The molecule has 0 spiro atoms. The van der Waals surface area contributed by atoms with Crippen LogP contribution in [0.1, 0.15) is 52.8 Å². The Balaban J connectivity index is 2.13. The first-order valence-electron chi connectivity index (χ1n) is 12.1. The molecule has 0 amide bonds. The number of para-hydroxylation sites is 1. The molecule has 0 radical (unpaired) electrons. The van der Waals surface area contributed by atoms with Crippen molar-refractivity contribution in [2.75, 3.05) is 6.61 Å². The molecule has 2 aromatic rings. The highest BCUT2D eigenvalue weighted by molar-refractivity contribution is 7.63. The van der Waals surface area contributed by atoms with Crippen LogP contribution in [0.15, 0.2) is 46.1 Å². The summed E-state index contributed by atoms with van der Waals surface area (Å²) in [5, 5.41) is 2.30. The van der Waals surface area contributed by atoms with Gasteiger partial charge in [0.1, 0.15) is 18.0 Å². The highest BCUT2D eigenvalue weighted by atomic mass is 31.3. The Bertz CT molecular complexity index is 1310. The molecule has 14 nitrogen and oxygen atoms in total. The van der Waals surface area contributed by atoms with Gasteiger partial charge in [-0.3, -0.25) is 23.7 Å². The predicted molar refractivity (Wildman–Crippen MR) is 141 cm³/mol. The van der Waals surface area contributed by atoms with Crippen molar-refractivity contribution in [2.45, 2.75) is 72.4 Å². The molecule has 39 heavy (non-hydrogen) atoms. The second-order valence-electron chi connectivity index (χ2n) is 8.87.